The number of carbonyl (C=O) groups excluding carboxylic acids is 1. The third-order valence-electron chi connectivity index (χ3n) is 5.20. The van der Waals surface area contributed by atoms with E-state index in [1.54, 1.807) is 29.2 Å². The molecule has 1 aliphatic heterocycles. The number of halogens is 1. The maximum absolute atomic E-state index is 13.2. The summed E-state index contributed by atoms with van der Waals surface area (Å²) in [6.45, 7) is 0.453. The lowest BCUT2D eigenvalue weighted by molar-refractivity contribution is 0.0986. The number of benzene rings is 1. The summed E-state index contributed by atoms with van der Waals surface area (Å²) in [4.78, 5) is 27.0. The molecule has 1 aromatic carbocycles. The zero-order valence-corrected chi connectivity index (χ0v) is 17.3. The lowest BCUT2D eigenvalue weighted by Gasteiger charge is -2.18. The van der Waals surface area contributed by atoms with Crippen LogP contribution >= 0.6 is 0 Å². The van der Waals surface area contributed by atoms with Crippen molar-refractivity contribution in [3.05, 3.63) is 78.3 Å². The lowest BCUT2D eigenvalue weighted by atomic mass is 10.0. The molecular weight excluding hydrogens is 411 g/mol. The summed E-state index contributed by atoms with van der Waals surface area (Å²) in [6, 6.07) is 9.06. The number of fused-ring (bicyclic) bond motifs is 1. The van der Waals surface area contributed by atoms with Gasteiger partial charge in [-0.05, 0) is 36.6 Å². The Morgan fingerprint density at radius 1 is 1.03 bits per heavy atom. The van der Waals surface area contributed by atoms with E-state index in [-0.39, 0.29) is 11.9 Å². The van der Waals surface area contributed by atoms with Crippen molar-refractivity contribution < 1.29 is 13.9 Å². The van der Waals surface area contributed by atoms with Gasteiger partial charge >= 0.3 is 0 Å². The lowest BCUT2D eigenvalue weighted by Crippen LogP contribution is -2.32. The molecule has 32 heavy (non-hydrogen) atoms. The summed E-state index contributed by atoms with van der Waals surface area (Å²) in [5, 5.41) is 4.17. The molecule has 0 unspecified atom stereocenters. The van der Waals surface area contributed by atoms with Gasteiger partial charge in [-0.3, -0.25) is 19.4 Å². The van der Waals surface area contributed by atoms with Crippen LogP contribution in [0.2, 0.25) is 0 Å². The van der Waals surface area contributed by atoms with E-state index in [4.69, 9.17) is 4.74 Å². The van der Waals surface area contributed by atoms with Crippen molar-refractivity contribution >= 4 is 11.9 Å². The number of ether oxygens (including phenoxy) is 1. The molecule has 0 spiro atoms. The standard InChI is InChI=1S/C23H19FN6O2/c1-29-14-16(11-28-29)21-10-19(6-7-25-21)32-18-5-4-15-3-2-8-30(22(31)20(15)9-18)23-26-12-17(24)13-27-23/h4-7,9-14H,2-3,8H2,1H3. The van der Waals surface area contributed by atoms with E-state index in [0.29, 0.717) is 23.6 Å². The predicted molar refractivity (Wildman–Crippen MR) is 115 cm³/mol. The number of aryl methyl sites for hydroxylation is 2. The van der Waals surface area contributed by atoms with Crippen molar-refractivity contribution in [1.29, 1.82) is 0 Å². The Morgan fingerprint density at radius 2 is 1.84 bits per heavy atom. The van der Waals surface area contributed by atoms with Crippen LogP contribution in [0.5, 0.6) is 11.5 Å². The maximum atomic E-state index is 13.2. The van der Waals surface area contributed by atoms with E-state index in [0.717, 1.165) is 42.1 Å². The van der Waals surface area contributed by atoms with Crippen molar-refractivity contribution in [2.24, 2.45) is 7.05 Å². The van der Waals surface area contributed by atoms with E-state index >= 15 is 0 Å². The fraction of sp³-hybridized carbons (Fsp3) is 0.174. The van der Waals surface area contributed by atoms with Gasteiger partial charge in [0.05, 0.1) is 24.3 Å². The van der Waals surface area contributed by atoms with Crippen molar-refractivity contribution in [3.8, 4) is 22.8 Å². The number of nitrogens with zero attached hydrogens (tertiary/aromatic N) is 6. The number of hydrogen-bond acceptors (Lipinski definition) is 6. The van der Waals surface area contributed by atoms with Gasteiger partial charge in [0.15, 0.2) is 5.82 Å². The fourth-order valence-electron chi connectivity index (χ4n) is 3.67. The molecule has 4 aromatic rings. The number of carbonyl (C=O) groups is 1. The van der Waals surface area contributed by atoms with Crippen molar-refractivity contribution in [3.63, 3.8) is 0 Å². The fourth-order valence-corrected chi connectivity index (χ4v) is 3.67. The molecule has 0 atom stereocenters. The molecule has 0 radical (unpaired) electrons. The van der Waals surface area contributed by atoms with E-state index < -0.39 is 5.82 Å². The highest BCUT2D eigenvalue weighted by atomic mass is 19.1. The molecule has 8 nitrogen and oxygen atoms in total. The minimum atomic E-state index is -0.546. The van der Waals surface area contributed by atoms with Gasteiger partial charge in [-0.2, -0.15) is 5.10 Å². The molecule has 0 aliphatic carbocycles. The van der Waals surface area contributed by atoms with Gasteiger partial charge in [-0.15, -0.1) is 0 Å². The number of amides is 1. The van der Waals surface area contributed by atoms with E-state index in [2.05, 4.69) is 20.1 Å². The third-order valence-corrected chi connectivity index (χ3v) is 5.20. The minimum absolute atomic E-state index is 0.186. The third kappa shape index (κ3) is 3.92. The zero-order valence-electron chi connectivity index (χ0n) is 17.3. The molecule has 3 aromatic heterocycles. The van der Waals surface area contributed by atoms with Crippen LogP contribution in [0.4, 0.5) is 10.3 Å². The average molecular weight is 430 g/mol. The van der Waals surface area contributed by atoms with Crippen LogP contribution in [0.3, 0.4) is 0 Å². The molecule has 0 bridgehead atoms. The topological polar surface area (TPSA) is 86.0 Å². The number of rotatable bonds is 4. The van der Waals surface area contributed by atoms with Crippen molar-refractivity contribution in [1.82, 2.24) is 24.7 Å². The van der Waals surface area contributed by atoms with E-state index in [1.807, 2.05) is 31.4 Å². The van der Waals surface area contributed by atoms with Gasteiger partial charge in [0.1, 0.15) is 11.5 Å². The van der Waals surface area contributed by atoms with E-state index in [1.165, 1.54) is 4.90 Å². The van der Waals surface area contributed by atoms with Crippen LogP contribution in [0.1, 0.15) is 22.3 Å². The van der Waals surface area contributed by atoms with Gasteiger partial charge in [0.2, 0.25) is 5.95 Å². The van der Waals surface area contributed by atoms with Crippen molar-refractivity contribution in [2.75, 3.05) is 11.4 Å². The maximum Gasteiger partial charge on any atom is 0.261 e. The molecule has 0 saturated heterocycles. The number of aromatic nitrogens is 5. The Balaban J connectivity index is 1.43. The Morgan fingerprint density at radius 3 is 2.62 bits per heavy atom. The predicted octanol–water partition coefficient (Wildman–Crippen LogP) is 3.80. The van der Waals surface area contributed by atoms with Crippen LogP contribution in [0.25, 0.3) is 11.3 Å². The highest BCUT2D eigenvalue weighted by Crippen LogP contribution is 2.29. The highest BCUT2D eigenvalue weighted by Gasteiger charge is 2.26. The second-order valence-electron chi connectivity index (χ2n) is 7.46. The first-order valence-electron chi connectivity index (χ1n) is 10.1. The first-order valence-corrected chi connectivity index (χ1v) is 10.1. The highest BCUT2D eigenvalue weighted by molar-refractivity contribution is 6.06. The molecule has 0 N–H and O–H groups in total. The molecule has 0 fully saturated rings. The van der Waals surface area contributed by atoms with Gasteiger partial charge in [0.25, 0.3) is 5.91 Å². The molecule has 160 valence electrons. The first kappa shape index (κ1) is 19.8. The average Bonchev–Trinajstić information content (AvgIpc) is 3.17. The van der Waals surface area contributed by atoms with Crippen LogP contribution in [-0.4, -0.2) is 37.2 Å². The SMILES string of the molecule is Cn1cc(-c2cc(Oc3ccc4c(c3)C(=O)N(c3ncc(F)cn3)CCC4)ccn2)cn1. The molecule has 4 heterocycles. The van der Waals surface area contributed by atoms with Gasteiger partial charge in [-0.1, -0.05) is 6.07 Å². The van der Waals surface area contributed by atoms with Crippen molar-refractivity contribution in [2.45, 2.75) is 12.8 Å². The second-order valence-corrected chi connectivity index (χ2v) is 7.46. The number of hydrogen-bond donors (Lipinski definition) is 0. The molecule has 9 heteroatoms. The Kier molecular flexibility index (Phi) is 5.06. The molecule has 1 aliphatic rings. The normalized spacial score (nSPS) is 13.6. The smallest absolute Gasteiger partial charge is 0.261 e. The summed E-state index contributed by atoms with van der Waals surface area (Å²) in [6.07, 6.45) is 8.88. The van der Waals surface area contributed by atoms with Crippen LogP contribution < -0.4 is 9.64 Å². The first-order chi connectivity index (χ1) is 15.6. The summed E-state index contributed by atoms with van der Waals surface area (Å²) in [7, 11) is 1.84. The monoisotopic (exact) mass is 430 g/mol. The summed E-state index contributed by atoms with van der Waals surface area (Å²) < 4.78 is 21.0. The Labute approximate surface area is 183 Å². The summed E-state index contributed by atoms with van der Waals surface area (Å²) in [5.41, 5.74) is 3.07. The Bertz CT molecular complexity index is 1290. The number of anilines is 1. The molecule has 5 rings (SSSR count). The zero-order chi connectivity index (χ0) is 22.1. The molecule has 1 amide bonds. The minimum Gasteiger partial charge on any atom is -0.457 e. The quantitative estimate of drug-likeness (QED) is 0.490. The van der Waals surface area contributed by atoms with Crippen LogP contribution in [-0.2, 0) is 13.5 Å². The van der Waals surface area contributed by atoms with E-state index in [9.17, 15) is 9.18 Å². The largest absolute Gasteiger partial charge is 0.457 e. The Hall–Kier alpha value is -4.14. The molecular formula is C23H19FN6O2. The summed E-state index contributed by atoms with van der Waals surface area (Å²) in [5.74, 6) is 0.530. The van der Waals surface area contributed by atoms with Gasteiger partial charge < -0.3 is 4.74 Å². The van der Waals surface area contributed by atoms with Gasteiger partial charge in [0, 0.05) is 43.2 Å². The van der Waals surface area contributed by atoms with Crippen LogP contribution in [0, 0.1) is 5.82 Å². The second kappa shape index (κ2) is 8.18. The number of pyridine rings is 1. The van der Waals surface area contributed by atoms with Crippen LogP contribution in [0.15, 0.2) is 61.3 Å². The summed E-state index contributed by atoms with van der Waals surface area (Å²) >= 11 is 0. The molecule has 0 saturated carbocycles. The van der Waals surface area contributed by atoms with Gasteiger partial charge in [-0.25, -0.2) is 14.4 Å².